The standard InChI is InChI=1S/C20H22N4O3S/c1-27-16-7-4-8-17-19(16)22-20(28-17)21-18(26)13-23-9-11-24(12-10-23)14-5-2-3-6-15(14)25/h2-8,25H,9-13H2,1H3,(H,21,22,26). The van der Waals surface area contributed by atoms with Gasteiger partial charge in [0.15, 0.2) is 5.13 Å². The highest BCUT2D eigenvalue weighted by atomic mass is 32.1. The van der Waals surface area contributed by atoms with Crippen LogP contribution < -0.4 is 15.0 Å². The molecule has 2 N–H and O–H groups in total. The number of carbonyl (C=O) groups is 1. The first-order chi connectivity index (χ1) is 13.6. The predicted octanol–water partition coefficient (Wildman–Crippen LogP) is 2.77. The lowest BCUT2D eigenvalue weighted by atomic mass is 10.2. The summed E-state index contributed by atoms with van der Waals surface area (Å²) in [4.78, 5) is 21.2. The van der Waals surface area contributed by atoms with Gasteiger partial charge in [-0.25, -0.2) is 4.98 Å². The van der Waals surface area contributed by atoms with Gasteiger partial charge in [0.05, 0.1) is 24.0 Å². The summed E-state index contributed by atoms with van der Waals surface area (Å²) < 4.78 is 6.30. The van der Waals surface area contributed by atoms with Crippen molar-refractivity contribution in [3.8, 4) is 11.5 Å². The van der Waals surface area contributed by atoms with E-state index in [4.69, 9.17) is 4.74 Å². The van der Waals surface area contributed by atoms with Crippen LogP contribution in [-0.2, 0) is 4.79 Å². The minimum absolute atomic E-state index is 0.0750. The molecule has 0 spiro atoms. The Morgan fingerprint density at radius 2 is 1.96 bits per heavy atom. The topological polar surface area (TPSA) is 77.9 Å². The Morgan fingerprint density at radius 1 is 1.18 bits per heavy atom. The zero-order valence-corrected chi connectivity index (χ0v) is 16.4. The monoisotopic (exact) mass is 398 g/mol. The molecule has 146 valence electrons. The number of anilines is 2. The van der Waals surface area contributed by atoms with E-state index in [-0.39, 0.29) is 5.91 Å². The number of thiazole rings is 1. The molecule has 1 aromatic heterocycles. The minimum atomic E-state index is -0.0750. The van der Waals surface area contributed by atoms with E-state index >= 15 is 0 Å². The van der Waals surface area contributed by atoms with Gasteiger partial charge in [0, 0.05) is 26.2 Å². The Hall–Kier alpha value is -2.84. The fraction of sp³-hybridized carbons (Fsp3) is 0.300. The van der Waals surface area contributed by atoms with Gasteiger partial charge in [-0.15, -0.1) is 0 Å². The zero-order chi connectivity index (χ0) is 19.5. The Kier molecular flexibility index (Phi) is 5.31. The number of phenols is 1. The van der Waals surface area contributed by atoms with E-state index in [0.717, 1.165) is 42.1 Å². The van der Waals surface area contributed by atoms with Crippen molar-refractivity contribution >= 4 is 38.3 Å². The summed E-state index contributed by atoms with van der Waals surface area (Å²) in [6.07, 6.45) is 0. The van der Waals surface area contributed by atoms with Crippen molar-refractivity contribution in [3.63, 3.8) is 0 Å². The second-order valence-corrected chi connectivity index (χ2v) is 7.66. The van der Waals surface area contributed by atoms with Crippen LogP contribution in [0.25, 0.3) is 10.2 Å². The van der Waals surface area contributed by atoms with E-state index in [2.05, 4.69) is 20.1 Å². The van der Waals surface area contributed by atoms with Gasteiger partial charge in [-0.05, 0) is 24.3 Å². The van der Waals surface area contributed by atoms with Crippen LogP contribution in [0, 0.1) is 0 Å². The number of amides is 1. The highest BCUT2D eigenvalue weighted by Gasteiger charge is 2.21. The maximum atomic E-state index is 12.4. The number of fused-ring (bicyclic) bond motifs is 1. The fourth-order valence-corrected chi connectivity index (χ4v) is 4.28. The maximum absolute atomic E-state index is 12.4. The van der Waals surface area contributed by atoms with Gasteiger partial charge in [-0.1, -0.05) is 29.5 Å². The number of methoxy groups -OCH3 is 1. The molecule has 2 aromatic carbocycles. The van der Waals surface area contributed by atoms with E-state index in [9.17, 15) is 9.90 Å². The number of ether oxygens (including phenoxy) is 1. The summed E-state index contributed by atoms with van der Waals surface area (Å²) in [6.45, 7) is 3.37. The summed E-state index contributed by atoms with van der Waals surface area (Å²) >= 11 is 1.44. The van der Waals surface area contributed by atoms with Crippen LogP contribution in [0.15, 0.2) is 42.5 Å². The first-order valence-electron chi connectivity index (χ1n) is 9.13. The summed E-state index contributed by atoms with van der Waals surface area (Å²) in [5.74, 6) is 0.920. The maximum Gasteiger partial charge on any atom is 0.240 e. The summed E-state index contributed by atoms with van der Waals surface area (Å²) in [5, 5.41) is 13.5. The smallest absolute Gasteiger partial charge is 0.240 e. The quantitative estimate of drug-likeness (QED) is 0.688. The van der Waals surface area contributed by atoms with Gasteiger partial charge in [-0.3, -0.25) is 9.69 Å². The second-order valence-electron chi connectivity index (χ2n) is 6.63. The molecule has 1 aliphatic heterocycles. The lowest BCUT2D eigenvalue weighted by molar-refractivity contribution is -0.117. The highest BCUT2D eigenvalue weighted by Crippen LogP contribution is 2.32. The Bertz CT molecular complexity index is 982. The molecule has 0 bridgehead atoms. The number of aromatic hydroxyl groups is 1. The Labute approximate surface area is 167 Å². The van der Waals surface area contributed by atoms with Crippen molar-refractivity contribution in [2.45, 2.75) is 0 Å². The fourth-order valence-electron chi connectivity index (χ4n) is 3.38. The number of piperazine rings is 1. The molecule has 0 radical (unpaired) electrons. The molecule has 1 amide bonds. The van der Waals surface area contributed by atoms with Crippen LogP contribution in [-0.4, -0.2) is 60.7 Å². The van der Waals surface area contributed by atoms with Gasteiger partial charge in [-0.2, -0.15) is 0 Å². The summed E-state index contributed by atoms with van der Waals surface area (Å²) in [5.41, 5.74) is 1.61. The van der Waals surface area contributed by atoms with Crippen LogP contribution in [0.5, 0.6) is 11.5 Å². The van der Waals surface area contributed by atoms with Gasteiger partial charge in [0.25, 0.3) is 0 Å². The van der Waals surface area contributed by atoms with E-state index in [0.29, 0.717) is 23.2 Å². The van der Waals surface area contributed by atoms with E-state index in [1.807, 2.05) is 36.4 Å². The molecule has 1 aliphatic rings. The van der Waals surface area contributed by atoms with Gasteiger partial charge in [0.2, 0.25) is 5.91 Å². The Morgan fingerprint density at radius 3 is 2.71 bits per heavy atom. The third-order valence-electron chi connectivity index (χ3n) is 4.81. The number of rotatable bonds is 5. The third kappa shape index (κ3) is 3.88. The first kappa shape index (κ1) is 18.5. The lowest BCUT2D eigenvalue weighted by Gasteiger charge is -2.35. The molecular formula is C20H22N4O3S. The molecule has 1 saturated heterocycles. The van der Waals surface area contributed by atoms with Crippen LogP contribution >= 0.6 is 11.3 Å². The number of para-hydroxylation sites is 3. The molecule has 2 heterocycles. The molecule has 3 aromatic rings. The highest BCUT2D eigenvalue weighted by molar-refractivity contribution is 7.22. The molecular weight excluding hydrogens is 376 g/mol. The van der Waals surface area contributed by atoms with Crippen LogP contribution in [0.1, 0.15) is 0 Å². The molecule has 4 rings (SSSR count). The molecule has 0 aliphatic carbocycles. The molecule has 8 heteroatoms. The number of aromatic nitrogens is 1. The number of nitrogens with zero attached hydrogens (tertiary/aromatic N) is 3. The normalized spacial score (nSPS) is 15.0. The van der Waals surface area contributed by atoms with Crippen LogP contribution in [0.4, 0.5) is 10.8 Å². The van der Waals surface area contributed by atoms with E-state index in [1.54, 1.807) is 13.2 Å². The average molecular weight is 398 g/mol. The Balaban J connectivity index is 1.33. The van der Waals surface area contributed by atoms with Crippen molar-refractivity contribution in [1.29, 1.82) is 0 Å². The molecule has 0 atom stereocenters. The van der Waals surface area contributed by atoms with Crippen molar-refractivity contribution < 1.29 is 14.6 Å². The number of phenolic OH excluding ortho intramolecular Hbond substituents is 1. The number of carbonyl (C=O) groups excluding carboxylic acids is 1. The lowest BCUT2D eigenvalue weighted by Crippen LogP contribution is -2.48. The van der Waals surface area contributed by atoms with Gasteiger partial charge >= 0.3 is 0 Å². The number of hydrogen-bond acceptors (Lipinski definition) is 7. The average Bonchev–Trinajstić information content (AvgIpc) is 3.11. The minimum Gasteiger partial charge on any atom is -0.506 e. The summed E-state index contributed by atoms with van der Waals surface area (Å²) in [6, 6.07) is 13.1. The van der Waals surface area contributed by atoms with E-state index in [1.165, 1.54) is 11.3 Å². The molecule has 7 nitrogen and oxygen atoms in total. The van der Waals surface area contributed by atoms with Crippen molar-refractivity contribution in [1.82, 2.24) is 9.88 Å². The number of nitrogens with one attached hydrogen (secondary N) is 1. The first-order valence-corrected chi connectivity index (χ1v) is 9.94. The molecule has 1 fully saturated rings. The molecule has 0 saturated carbocycles. The largest absolute Gasteiger partial charge is 0.506 e. The van der Waals surface area contributed by atoms with E-state index < -0.39 is 0 Å². The predicted molar refractivity (Wildman–Crippen MR) is 112 cm³/mol. The van der Waals surface area contributed by atoms with Crippen LogP contribution in [0.2, 0.25) is 0 Å². The molecule has 28 heavy (non-hydrogen) atoms. The van der Waals surface area contributed by atoms with Crippen LogP contribution in [0.3, 0.4) is 0 Å². The number of hydrogen-bond donors (Lipinski definition) is 2. The second kappa shape index (κ2) is 8.04. The van der Waals surface area contributed by atoms with Crippen molar-refractivity contribution in [2.24, 2.45) is 0 Å². The van der Waals surface area contributed by atoms with Gasteiger partial charge < -0.3 is 20.1 Å². The zero-order valence-electron chi connectivity index (χ0n) is 15.6. The third-order valence-corrected chi connectivity index (χ3v) is 5.75. The number of benzene rings is 2. The van der Waals surface area contributed by atoms with Gasteiger partial charge in [0.1, 0.15) is 17.0 Å². The SMILES string of the molecule is COc1cccc2sc(NC(=O)CN3CCN(c4ccccc4O)CC3)nc12. The summed E-state index contributed by atoms with van der Waals surface area (Å²) in [7, 11) is 1.61. The van der Waals surface area contributed by atoms with Crippen molar-refractivity contribution in [3.05, 3.63) is 42.5 Å². The molecule has 0 unspecified atom stereocenters. The van der Waals surface area contributed by atoms with Crippen molar-refractivity contribution in [2.75, 3.05) is 50.1 Å².